The number of nitrogens with one attached hydrogen (secondary N) is 1. The molecule has 1 aliphatic carbocycles. The van der Waals surface area contributed by atoms with E-state index in [2.05, 4.69) is 19.2 Å². The molecule has 21 nitrogen and oxygen atoms in total. The van der Waals surface area contributed by atoms with Crippen molar-refractivity contribution in [2.75, 3.05) is 97.7 Å². The molecular formula is C67H127N2O19P. The first kappa shape index (κ1) is 43.8. The number of amides is 2. The third-order valence-electron chi connectivity index (χ3n) is 16.3. The lowest BCUT2D eigenvalue weighted by Gasteiger charge is -2.54. The van der Waals surface area contributed by atoms with Crippen LogP contribution in [0.3, 0.4) is 0 Å². The Morgan fingerprint density at radius 3 is 1.63 bits per heavy atom. The molecule has 1 saturated carbocycles. The van der Waals surface area contributed by atoms with Gasteiger partial charge in [0.15, 0.2) is 0 Å². The van der Waals surface area contributed by atoms with Gasteiger partial charge in [0.05, 0.1) is 85.7 Å². The summed E-state index contributed by atoms with van der Waals surface area (Å²) in [6.07, 6.45) is -6.28. The van der Waals surface area contributed by atoms with Crippen molar-refractivity contribution < 1.29 is 135 Å². The Kier molecular flexibility index (Phi) is 24.3. The van der Waals surface area contributed by atoms with Gasteiger partial charge in [-0.3, -0.25) is 23.2 Å². The maximum absolute atomic E-state index is 16.1. The van der Waals surface area contributed by atoms with Crippen molar-refractivity contribution in [3.63, 3.8) is 0 Å². The van der Waals surface area contributed by atoms with Crippen LogP contribution in [0.4, 0.5) is 0 Å². The quantitative estimate of drug-likeness (QED) is 0.0259. The van der Waals surface area contributed by atoms with E-state index >= 15 is 9.36 Å². The molecule has 1 unspecified atom stereocenters. The van der Waals surface area contributed by atoms with Gasteiger partial charge in [0, 0.05) is 101 Å². The maximum atomic E-state index is 16.1. The van der Waals surface area contributed by atoms with Crippen molar-refractivity contribution in [2.45, 2.75) is 305 Å². The number of hydrogen-bond donors (Lipinski definition) is 1. The monoisotopic (exact) mass is 1330 g/mol. The van der Waals surface area contributed by atoms with Gasteiger partial charge in [0.2, 0.25) is 11.8 Å². The minimum atomic E-state index is -6.72. The summed E-state index contributed by atoms with van der Waals surface area (Å²) in [5, 5.41) is 2.53. The van der Waals surface area contributed by atoms with Crippen LogP contribution in [0, 0.1) is 0 Å². The van der Waals surface area contributed by atoms with Crippen LogP contribution in [0.1, 0.15) is 265 Å². The number of phosphoric acid groups is 1. The fourth-order valence-corrected chi connectivity index (χ4v) is 12.4. The number of unbranched alkanes of at least 4 members (excludes halogenated alkanes) is 27. The highest BCUT2D eigenvalue weighted by molar-refractivity contribution is 7.48. The first-order valence-electron chi connectivity index (χ1n) is 48.2. The second-order valence-corrected chi connectivity index (χ2v) is 24.4. The standard InChI is InChI=1S/C67H127N2O19P/c1-16-18-20-22-24-26-28-29-30-31-32-33-34-35-37-39-41-43-45-47-56(71)68-52(53(75-6)46-44-42-40-38-36-27-25-23-21-19-17-2)49-85-89(73,84-15)88-65-62(81-12)60(79-10)61(80-11)64(63(65)82-13)87-67(66(72)83-14)48-54(76-7)57(69(4)51(3)70)59(86-67)58(78-9)55(77-8)50-74-5/h44,46,52-55,57-65H,16-43,45,47-50H2,1-15H3,(H,68,71)/b46-44+/t52-,53+,54-,55+,57+,58+,59+,60-,61-,62+,63+,64+,65-,67-,89?/m0/s1/i4D3,6D3,7D3,8D3,9D3,10D3,11D3,12D3,13D3,14D3,15D3. The topological polar surface area (TPSA) is 222 Å². The van der Waals surface area contributed by atoms with E-state index in [1.807, 2.05) is 0 Å². The number of allylic oxidation sites excluding steroid dienone is 1. The third-order valence-corrected chi connectivity index (χ3v) is 17.5. The molecule has 0 aromatic heterocycles. The predicted octanol–water partition coefficient (Wildman–Crippen LogP) is 12.6. The van der Waals surface area contributed by atoms with Crippen LogP contribution < -0.4 is 5.32 Å². The number of methoxy groups -OCH3 is 10. The molecule has 22 heteroatoms. The number of esters is 1. The Morgan fingerprint density at radius 1 is 0.618 bits per heavy atom. The normalized spacial score (nSPS) is 32.2. The molecule has 524 valence electrons. The molecule has 2 amide bonds. The van der Waals surface area contributed by atoms with Gasteiger partial charge in [-0.1, -0.05) is 193 Å². The molecule has 0 bridgehead atoms. The van der Waals surface area contributed by atoms with Crippen LogP contribution in [-0.4, -0.2) is 205 Å². The van der Waals surface area contributed by atoms with Crippen molar-refractivity contribution in [3.05, 3.63) is 12.2 Å². The lowest BCUT2D eigenvalue weighted by molar-refractivity contribution is -0.360. The zero-order chi connectivity index (χ0) is 93.4. The van der Waals surface area contributed by atoms with Gasteiger partial charge in [0.1, 0.15) is 54.9 Å². The molecule has 0 aromatic carbocycles. The summed E-state index contributed by atoms with van der Waals surface area (Å²) in [6, 6.07) is -4.94. The highest BCUT2D eigenvalue weighted by atomic mass is 31.2. The summed E-state index contributed by atoms with van der Waals surface area (Å²) >= 11 is 0. The SMILES string of the molecule is [2H]C([2H])([2H])OC(=O)[C@@]1(O[C@H]2[C@@H](OC([2H])([2H])[2H])[C@@H](OP(=O)(OC[C@H](NC(=O)CCCCCCCCCCCCCCCCCCCCC)[C@@H](/C=C/CCCCCCCCCCC)OC([2H])([2H])[2H])OC([2H])([2H])[2H])[C@H](OC([2H])([2H])[2H])[C@@H](OC([2H])([2H])[2H])[C@@H]2OC([2H])([2H])[2H])C[C@H](OC([2H])([2H])[2H])[C@@H](N(C(C)=O)C([2H])([2H])[2H])[C@H]([C@H](OC([2H])([2H])[2H])[C@@H](COC)OC([2H])([2H])[2H])O1. The van der Waals surface area contributed by atoms with Crippen molar-refractivity contribution in [2.24, 2.45) is 0 Å². The lowest BCUT2D eigenvalue weighted by Crippen LogP contribution is -2.72. The fraction of sp³-hybridized carbons (Fsp3) is 0.925. The molecule has 1 aliphatic heterocycles. The lowest BCUT2D eigenvalue weighted by atomic mass is 9.83. The minimum absolute atomic E-state index is 0.214. The zero-order valence-electron chi connectivity index (χ0n) is 85.6. The number of rotatable bonds is 55. The molecule has 2 aliphatic rings. The second kappa shape index (κ2) is 49.4. The van der Waals surface area contributed by atoms with Crippen molar-refractivity contribution in [3.8, 4) is 0 Å². The number of ether oxygens (including phenoxy) is 12. The van der Waals surface area contributed by atoms with E-state index in [4.69, 9.17) is 116 Å². The Hall–Kier alpha value is -2.18. The molecule has 0 radical (unpaired) electrons. The van der Waals surface area contributed by atoms with Crippen LogP contribution >= 0.6 is 7.82 Å². The zero-order valence-corrected chi connectivity index (χ0v) is 53.5. The van der Waals surface area contributed by atoms with Gasteiger partial charge < -0.3 is 67.1 Å². The Labute approximate surface area is 585 Å². The summed E-state index contributed by atoms with van der Waals surface area (Å²) in [5.74, 6) is -9.71. The molecule has 1 saturated heterocycles. The smallest absolute Gasteiger partial charge is 0.465 e. The van der Waals surface area contributed by atoms with E-state index < -0.39 is 208 Å². The van der Waals surface area contributed by atoms with E-state index in [-0.39, 0.29) is 24.2 Å². The molecule has 15 atom stereocenters. The molecule has 0 spiro atoms. The van der Waals surface area contributed by atoms with Crippen LogP contribution in [0.25, 0.3) is 0 Å². The summed E-state index contributed by atoms with van der Waals surface area (Å²) in [7, 11) is -46.3. The van der Waals surface area contributed by atoms with Gasteiger partial charge >= 0.3 is 13.8 Å². The van der Waals surface area contributed by atoms with Gasteiger partial charge in [-0.2, -0.15) is 0 Å². The molecule has 1 N–H and O–H groups in total. The van der Waals surface area contributed by atoms with Crippen molar-refractivity contribution in [1.82, 2.24) is 10.2 Å². The highest BCUT2D eigenvalue weighted by Gasteiger charge is 2.63. The average Bonchev–Trinajstić information content (AvgIpc) is 0.720. The Balaban J connectivity index is 3.30. The molecular weight excluding hydrogens is 1170 g/mol. The second-order valence-electron chi connectivity index (χ2n) is 22.9. The highest BCUT2D eigenvalue weighted by Crippen LogP contribution is 2.53. The summed E-state index contributed by atoms with van der Waals surface area (Å²) in [6.45, 7) is -2.00. The maximum Gasteiger partial charge on any atom is 0.475 e. The third kappa shape index (κ3) is 29.2. The van der Waals surface area contributed by atoms with Gasteiger partial charge in [-0.05, 0) is 19.3 Å². The number of hydrogen-bond acceptors (Lipinski definition) is 19. The first-order valence-corrected chi connectivity index (χ1v) is 33.1. The molecule has 89 heavy (non-hydrogen) atoms. The number of carbonyl (C=O) groups excluding carboxylic acids is 3. The van der Waals surface area contributed by atoms with E-state index in [1.54, 1.807) is 0 Å². The Morgan fingerprint density at radius 2 is 1.13 bits per heavy atom. The number of likely N-dealkylation sites (N-methyl/N-ethyl adjacent to an activating group) is 1. The summed E-state index contributed by atoms with van der Waals surface area (Å²) < 4.78 is 373. The van der Waals surface area contributed by atoms with E-state index in [0.717, 1.165) is 90.6 Å². The number of phosphoric ester groups is 1. The summed E-state index contributed by atoms with van der Waals surface area (Å²) in [4.78, 5) is 43.5. The summed E-state index contributed by atoms with van der Waals surface area (Å²) in [5.41, 5.74) is 0. The predicted molar refractivity (Wildman–Crippen MR) is 346 cm³/mol. The van der Waals surface area contributed by atoms with Crippen LogP contribution in [0.15, 0.2) is 12.2 Å². The Bertz CT molecular complexity index is 3050. The van der Waals surface area contributed by atoms with Gasteiger partial charge in [0.25, 0.3) is 5.79 Å². The fourth-order valence-electron chi connectivity index (χ4n) is 11.3. The minimum Gasteiger partial charge on any atom is -0.465 e. The number of nitrogens with zero attached hydrogens (tertiary/aromatic N) is 1. The van der Waals surface area contributed by atoms with Crippen molar-refractivity contribution >= 4 is 25.6 Å². The van der Waals surface area contributed by atoms with Crippen LogP contribution in [0.2, 0.25) is 0 Å². The molecule has 2 rings (SSSR count). The average molecular weight is 1330 g/mol. The van der Waals surface area contributed by atoms with Crippen LogP contribution in [0.5, 0.6) is 0 Å². The largest absolute Gasteiger partial charge is 0.475 e. The van der Waals surface area contributed by atoms with Crippen LogP contribution in [-0.2, 0) is 89.4 Å². The van der Waals surface area contributed by atoms with E-state index in [9.17, 15) is 9.59 Å². The molecule has 1 heterocycles. The van der Waals surface area contributed by atoms with Gasteiger partial charge in [-0.15, -0.1) is 0 Å². The molecule has 0 aromatic rings. The first-order chi connectivity index (χ1) is 55.8. The number of carbonyl (C=O) groups is 3. The van der Waals surface area contributed by atoms with E-state index in [1.165, 1.54) is 76.4 Å². The molecule has 2 fully saturated rings. The van der Waals surface area contributed by atoms with Gasteiger partial charge in [-0.25, -0.2) is 9.36 Å². The van der Waals surface area contributed by atoms with E-state index in [0.29, 0.717) is 32.6 Å². The van der Waals surface area contributed by atoms with Crippen molar-refractivity contribution in [1.29, 1.82) is 0 Å².